The maximum Gasteiger partial charge on any atom is 0.261 e. The number of aryl methyl sites for hydroxylation is 1. The standard InChI is InChI=1S/C14H15BrN2O2/c15-12-5-1-4-11-13(12)16-9-17(14(11)18)7-6-10-3-2-8-19-10/h1,4-5,9-10H,2-3,6-8H2. The van der Waals surface area contributed by atoms with Crippen molar-refractivity contribution in [3.05, 3.63) is 39.4 Å². The van der Waals surface area contributed by atoms with Crippen LogP contribution in [0, 0.1) is 0 Å². The summed E-state index contributed by atoms with van der Waals surface area (Å²) in [5.74, 6) is 0. The molecule has 100 valence electrons. The second-order valence-electron chi connectivity index (χ2n) is 4.80. The van der Waals surface area contributed by atoms with Gasteiger partial charge in [0.1, 0.15) is 0 Å². The smallest absolute Gasteiger partial charge is 0.261 e. The first-order chi connectivity index (χ1) is 9.25. The lowest BCUT2D eigenvalue weighted by Gasteiger charge is -2.11. The van der Waals surface area contributed by atoms with Crippen LogP contribution >= 0.6 is 15.9 Å². The van der Waals surface area contributed by atoms with Gasteiger partial charge < -0.3 is 4.74 Å². The summed E-state index contributed by atoms with van der Waals surface area (Å²) in [4.78, 5) is 16.7. The van der Waals surface area contributed by atoms with Crippen molar-refractivity contribution in [2.45, 2.75) is 31.9 Å². The quantitative estimate of drug-likeness (QED) is 0.872. The molecule has 1 saturated heterocycles. The van der Waals surface area contributed by atoms with Crippen molar-refractivity contribution in [2.75, 3.05) is 6.61 Å². The van der Waals surface area contributed by atoms with Gasteiger partial charge >= 0.3 is 0 Å². The van der Waals surface area contributed by atoms with Crippen molar-refractivity contribution in [3.8, 4) is 0 Å². The summed E-state index contributed by atoms with van der Waals surface area (Å²) < 4.78 is 8.11. The normalized spacial score (nSPS) is 19.1. The molecular formula is C14H15BrN2O2. The summed E-state index contributed by atoms with van der Waals surface area (Å²) in [6, 6.07) is 5.57. The maximum absolute atomic E-state index is 12.3. The molecule has 19 heavy (non-hydrogen) atoms. The Morgan fingerprint density at radius 3 is 3.16 bits per heavy atom. The number of halogens is 1. The van der Waals surface area contributed by atoms with Gasteiger partial charge in [0.05, 0.1) is 23.3 Å². The van der Waals surface area contributed by atoms with E-state index in [0.29, 0.717) is 18.0 Å². The lowest BCUT2D eigenvalue weighted by atomic mass is 10.2. The molecule has 1 fully saturated rings. The van der Waals surface area contributed by atoms with Crippen LogP contribution < -0.4 is 5.56 Å². The third kappa shape index (κ3) is 2.58. The van der Waals surface area contributed by atoms with Gasteiger partial charge in [0.15, 0.2) is 0 Å². The number of hydrogen-bond donors (Lipinski definition) is 0. The fourth-order valence-electron chi connectivity index (χ4n) is 2.47. The Morgan fingerprint density at radius 2 is 2.37 bits per heavy atom. The van der Waals surface area contributed by atoms with Crippen molar-refractivity contribution in [3.63, 3.8) is 0 Å². The van der Waals surface area contributed by atoms with E-state index in [-0.39, 0.29) is 5.56 Å². The molecule has 1 aliphatic rings. The number of fused-ring (bicyclic) bond motifs is 1. The van der Waals surface area contributed by atoms with Crippen molar-refractivity contribution in [2.24, 2.45) is 0 Å². The molecule has 1 aromatic heterocycles. The molecule has 2 heterocycles. The summed E-state index contributed by atoms with van der Waals surface area (Å²) in [6.45, 7) is 1.52. The molecule has 0 amide bonds. The number of benzene rings is 1. The van der Waals surface area contributed by atoms with Gasteiger partial charge in [0.2, 0.25) is 0 Å². The highest BCUT2D eigenvalue weighted by Gasteiger charge is 2.15. The topological polar surface area (TPSA) is 44.1 Å². The van der Waals surface area contributed by atoms with Crippen LogP contribution in [-0.4, -0.2) is 22.3 Å². The predicted molar refractivity (Wildman–Crippen MR) is 77.3 cm³/mol. The number of para-hydroxylation sites is 1. The van der Waals surface area contributed by atoms with E-state index in [0.717, 1.165) is 35.9 Å². The van der Waals surface area contributed by atoms with Gasteiger partial charge in [-0.05, 0) is 47.3 Å². The van der Waals surface area contributed by atoms with E-state index in [2.05, 4.69) is 20.9 Å². The minimum absolute atomic E-state index is 0.0179. The Labute approximate surface area is 119 Å². The van der Waals surface area contributed by atoms with Crippen LogP contribution in [0.3, 0.4) is 0 Å². The Bertz CT molecular complexity index is 647. The number of ether oxygens (including phenoxy) is 1. The second kappa shape index (κ2) is 5.43. The third-order valence-electron chi connectivity index (χ3n) is 3.52. The number of rotatable bonds is 3. The zero-order valence-corrected chi connectivity index (χ0v) is 12.1. The highest BCUT2D eigenvalue weighted by Crippen LogP contribution is 2.19. The number of hydrogen-bond acceptors (Lipinski definition) is 3. The highest BCUT2D eigenvalue weighted by atomic mass is 79.9. The fourth-order valence-corrected chi connectivity index (χ4v) is 2.94. The van der Waals surface area contributed by atoms with Gasteiger partial charge in [-0.2, -0.15) is 0 Å². The largest absolute Gasteiger partial charge is 0.378 e. The molecule has 0 spiro atoms. The predicted octanol–water partition coefficient (Wildman–Crippen LogP) is 2.73. The van der Waals surface area contributed by atoms with Gasteiger partial charge in [-0.1, -0.05) is 6.07 Å². The van der Waals surface area contributed by atoms with Crippen molar-refractivity contribution in [1.29, 1.82) is 0 Å². The Hall–Kier alpha value is -1.20. The summed E-state index contributed by atoms with van der Waals surface area (Å²) in [6.07, 6.45) is 5.03. The van der Waals surface area contributed by atoms with E-state index in [1.807, 2.05) is 18.2 Å². The van der Waals surface area contributed by atoms with Crippen LogP contribution in [0.5, 0.6) is 0 Å². The molecule has 5 heteroatoms. The highest BCUT2D eigenvalue weighted by molar-refractivity contribution is 9.10. The van der Waals surface area contributed by atoms with Crippen molar-refractivity contribution < 1.29 is 4.74 Å². The zero-order chi connectivity index (χ0) is 13.2. The average Bonchev–Trinajstić information content (AvgIpc) is 2.92. The van der Waals surface area contributed by atoms with Crippen LogP contribution in [0.4, 0.5) is 0 Å². The third-order valence-corrected chi connectivity index (χ3v) is 4.16. The van der Waals surface area contributed by atoms with Gasteiger partial charge in [0.25, 0.3) is 5.56 Å². The molecule has 0 radical (unpaired) electrons. The molecule has 0 N–H and O–H groups in total. The SMILES string of the molecule is O=c1c2cccc(Br)c2ncn1CCC1CCCO1. The molecule has 3 rings (SSSR count). The minimum atomic E-state index is 0.0179. The molecule has 0 saturated carbocycles. The second-order valence-corrected chi connectivity index (χ2v) is 5.66. The van der Waals surface area contributed by atoms with E-state index in [4.69, 9.17) is 4.74 Å². The average molecular weight is 323 g/mol. The van der Waals surface area contributed by atoms with Crippen LogP contribution in [0.15, 0.2) is 33.8 Å². The first-order valence-corrected chi connectivity index (χ1v) is 7.30. The first kappa shape index (κ1) is 12.8. The molecule has 4 nitrogen and oxygen atoms in total. The maximum atomic E-state index is 12.3. The van der Waals surface area contributed by atoms with Gasteiger partial charge in [-0.15, -0.1) is 0 Å². The van der Waals surface area contributed by atoms with E-state index in [1.165, 1.54) is 0 Å². The molecule has 0 aliphatic carbocycles. The van der Waals surface area contributed by atoms with Crippen LogP contribution in [0.1, 0.15) is 19.3 Å². The van der Waals surface area contributed by atoms with Gasteiger partial charge in [0, 0.05) is 17.6 Å². The summed E-state index contributed by atoms with van der Waals surface area (Å²) in [5.41, 5.74) is 0.741. The van der Waals surface area contributed by atoms with Gasteiger partial charge in [-0.3, -0.25) is 9.36 Å². The zero-order valence-electron chi connectivity index (χ0n) is 10.5. The molecule has 1 atom stereocenters. The Kier molecular flexibility index (Phi) is 3.66. The molecule has 1 aliphatic heterocycles. The monoisotopic (exact) mass is 322 g/mol. The first-order valence-electron chi connectivity index (χ1n) is 6.51. The molecule has 0 bridgehead atoms. The number of nitrogens with zero attached hydrogens (tertiary/aromatic N) is 2. The van der Waals surface area contributed by atoms with E-state index >= 15 is 0 Å². The molecule has 2 aromatic rings. The van der Waals surface area contributed by atoms with Crippen LogP contribution in [0.2, 0.25) is 0 Å². The molecule has 1 unspecified atom stereocenters. The Morgan fingerprint density at radius 1 is 1.47 bits per heavy atom. The number of aromatic nitrogens is 2. The summed E-state index contributed by atoms with van der Waals surface area (Å²) >= 11 is 3.42. The lowest BCUT2D eigenvalue weighted by molar-refractivity contribution is 0.100. The lowest BCUT2D eigenvalue weighted by Crippen LogP contribution is -2.23. The van der Waals surface area contributed by atoms with Crippen molar-refractivity contribution >= 4 is 26.8 Å². The fraction of sp³-hybridized carbons (Fsp3) is 0.429. The van der Waals surface area contributed by atoms with Crippen LogP contribution in [-0.2, 0) is 11.3 Å². The van der Waals surface area contributed by atoms with Gasteiger partial charge in [-0.25, -0.2) is 4.98 Å². The van der Waals surface area contributed by atoms with Crippen molar-refractivity contribution in [1.82, 2.24) is 9.55 Å². The molecular weight excluding hydrogens is 308 g/mol. The molecule has 1 aromatic carbocycles. The van der Waals surface area contributed by atoms with E-state index in [9.17, 15) is 4.79 Å². The summed E-state index contributed by atoms with van der Waals surface area (Å²) in [7, 11) is 0. The van der Waals surface area contributed by atoms with Crippen LogP contribution in [0.25, 0.3) is 10.9 Å². The summed E-state index contributed by atoms with van der Waals surface area (Å²) in [5, 5.41) is 0.657. The Balaban J connectivity index is 1.88. The minimum Gasteiger partial charge on any atom is -0.378 e. The van der Waals surface area contributed by atoms with E-state index < -0.39 is 0 Å². The van der Waals surface area contributed by atoms with E-state index in [1.54, 1.807) is 10.9 Å².